The quantitative estimate of drug-likeness (QED) is 0.469. The fraction of sp³-hybridized carbons (Fsp3) is 1.00. The highest BCUT2D eigenvalue weighted by atomic mass is 15.2. The molecule has 1 unspecified atom stereocenters. The number of nitrogens with one attached hydrogen (secondary N) is 2. The molecule has 1 saturated heterocycles. The van der Waals surface area contributed by atoms with Crippen LogP contribution in [0.4, 0.5) is 0 Å². The van der Waals surface area contributed by atoms with Crippen LogP contribution in [-0.2, 0) is 0 Å². The zero-order chi connectivity index (χ0) is 6.53. The predicted molar refractivity (Wildman–Crippen MR) is 38.1 cm³/mol. The Labute approximate surface area is 56.0 Å². The molecule has 1 fully saturated rings. The second-order valence-corrected chi connectivity index (χ2v) is 2.46. The molecule has 0 amide bonds. The van der Waals surface area contributed by atoms with Crippen LogP contribution in [0.25, 0.3) is 0 Å². The number of nitrogens with two attached hydrogens (primary N) is 1. The maximum atomic E-state index is 5.36. The molecule has 4 N–H and O–H groups in total. The normalized spacial score (nSPS) is 27.0. The highest BCUT2D eigenvalue weighted by Gasteiger charge is 2.11. The minimum atomic E-state index is 0.675. The van der Waals surface area contributed by atoms with Gasteiger partial charge in [-0.05, 0) is 19.4 Å². The van der Waals surface area contributed by atoms with E-state index in [0.717, 1.165) is 26.2 Å². The molecular weight excluding hydrogens is 114 g/mol. The van der Waals surface area contributed by atoms with Crippen molar-refractivity contribution in [2.24, 2.45) is 5.73 Å². The lowest BCUT2D eigenvalue weighted by molar-refractivity contribution is 0.561. The lowest BCUT2D eigenvalue weighted by atomic mass is 10.2. The molecule has 1 aliphatic rings. The van der Waals surface area contributed by atoms with Crippen molar-refractivity contribution < 1.29 is 0 Å². The number of rotatable bonds is 3. The van der Waals surface area contributed by atoms with E-state index in [1.807, 2.05) is 0 Å². The van der Waals surface area contributed by atoms with Crippen LogP contribution in [0.3, 0.4) is 0 Å². The lowest BCUT2D eigenvalue weighted by Crippen LogP contribution is -2.24. The van der Waals surface area contributed by atoms with Gasteiger partial charge >= 0.3 is 0 Å². The summed E-state index contributed by atoms with van der Waals surface area (Å²) in [5.41, 5.74) is 5.36. The summed E-state index contributed by atoms with van der Waals surface area (Å²) < 4.78 is 0. The molecule has 1 aliphatic heterocycles. The van der Waals surface area contributed by atoms with Crippen LogP contribution in [-0.4, -0.2) is 25.8 Å². The van der Waals surface area contributed by atoms with E-state index in [2.05, 4.69) is 10.6 Å². The van der Waals surface area contributed by atoms with Crippen molar-refractivity contribution in [2.45, 2.75) is 18.9 Å². The van der Waals surface area contributed by atoms with Gasteiger partial charge in [0.25, 0.3) is 0 Å². The smallest absolute Gasteiger partial charge is 0.0457 e. The molecule has 0 saturated carbocycles. The molecule has 0 aliphatic carbocycles. The van der Waals surface area contributed by atoms with E-state index in [1.54, 1.807) is 0 Å². The van der Waals surface area contributed by atoms with E-state index in [4.69, 9.17) is 5.73 Å². The monoisotopic (exact) mass is 129 g/mol. The maximum absolute atomic E-state index is 5.36. The Kier molecular flexibility index (Phi) is 2.97. The van der Waals surface area contributed by atoms with Crippen molar-refractivity contribution in [2.75, 3.05) is 19.8 Å². The molecule has 0 aromatic heterocycles. The van der Waals surface area contributed by atoms with Crippen LogP contribution in [0, 0.1) is 0 Å². The number of hydrogen-bond acceptors (Lipinski definition) is 3. The first kappa shape index (κ1) is 6.99. The van der Waals surface area contributed by atoms with E-state index in [0.29, 0.717) is 6.04 Å². The van der Waals surface area contributed by atoms with Gasteiger partial charge < -0.3 is 16.4 Å². The van der Waals surface area contributed by atoms with E-state index in [1.165, 1.54) is 6.42 Å². The first-order valence-corrected chi connectivity index (χ1v) is 3.57. The van der Waals surface area contributed by atoms with Crippen LogP contribution in [0.1, 0.15) is 12.8 Å². The van der Waals surface area contributed by atoms with E-state index >= 15 is 0 Å². The molecule has 3 heteroatoms. The van der Waals surface area contributed by atoms with Gasteiger partial charge in [0.1, 0.15) is 0 Å². The maximum Gasteiger partial charge on any atom is 0.0457 e. The zero-order valence-electron chi connectivity index (χ0n) is 5.69. The van der Waals surface area contributed by atoms with Crippen LogP contribution < -0.4 is 16.4 Å². The summed E-state index contributed by atoms with van der Waals surface area (Å²) in [4.78, 5) is 0. The lowest BCUT2D eigenvalue weighted by Gasteiger charge is -2.05. The first-order valence-electron chi connectivity index (χ1n) is 3.57. The van der Waals surface area contributed by atoms with Crippen molar-refractivity contribution in [3.63, 3.8) is 0 Å². The Morgan fingerprint density at radius 2 is 2.44 bits per heavy atom. The van der Waals surface area contributed by atoms with Gasteiger partial charge in [-0.15, -0.1) is 0 Å². The zero-order valence-corrected chi connectivity index (χ0v) is 5.69. The second-order valence-electron chi connectivity index (χ2n) is 2.46. The highest BCUT2D eigenvalue weighted by Crippen LogP contribution is 1.96. The Bertz CT molecular complexity index is 68.7. The van der Waals surface area contributed by atoms with Gasteiger partial charge in [0, 0.05) is 19.3 Å². The van der Waals surface area contributed by atoms with Crippen molar-refractivity contribution >= 4 is 0 Å². The molecule has 0 aromatic carbocycles. The Morgan fingerprint density at radius 3 is 3.00 bits per heavy atom. The standard InChI is InChI=1S/C6H15N3/c7-3-1-2-6-4-8-5-9-6/h6,8-9H,1-5,7H2. The molecule has 54 valence electrons. The fourth-order valence-electron chi connectivity index (χ4n) is 1.10. The average molecular weight is 129 g/mol. The summed E-state index contributed by atoms with van der Waals surface area (Å²) in [5, 5.41) is 6.55. The molecule has 0 bridgehead atoms. The molecule has 1 heterocycles. The summed E-state index contributed by atoms with van der Waals surface area (Å²) in [6, 6.07) is 0.675. The molecule has 0 radical (unpaired) electrons. The second kappa shape index (κ2) is 3.82. The summed E-state index contributed by atoms with van der Waals surface area (Å²) in [6.45, 7) is 2.90. The molecule has 3 nitrogen and oxygen atoms in total. The molecule has 1 atom stereocenters. The van der Waals surface area contributed by atoms with E-state index in [-0.39, 0.29) is 0 Å². The number of hydrogen-bond donors (Lipinski definition) is 3. The van der Waals surface area contributed by atoms with Gasteiger partial charge in [0.05, 0.1) is 0 Å². The summed E-state index contributed by atoms with van der Waals surface area (Å²) >= 11 is 0. The van der Waals surface area contributed by atoms with Crippen molar-refractivity contribution in [3.8, 4) is 0 Å². The largest absolute Gasteiger partial charge is 0.330 e. The Balaban J connectivity index is 1.98. The summed E-state index contributed by atoms with van der Waals surface area (Å²) in [6.07, 6.45) is 2.35. The van der Waals surface area contributed by atoms with Crippen LogP contribution >= 0.6 is 0 Å². The Morgan fingerprint density at radius 1 is 1.56 bits per heavy atom. The topological polar surface area (TPSA) is 50.1 Å². The van der Waals surface area contributed by atoms with Gasteiger partial charge in [0.2, 0.25) is 0 Å². The van der Waals surface area contributed by atoms with Crippen LogP contribution in [0.2, 0.25) is 0 Å². The molecule has 1 rings (SSSR count). The molecular formula is C6H15N3. The van der Waals surface area contributed by atoms with Crippen LogP contribution in [0.15, 0.2) is 0 Å². The highest BCUT2D eigenvalue weighted by molar-refractivity contribution is 4.74. The first-order chi connectivity index (χ1) is 4.43. The fourth-order valence-corrected chi connectivity index (χ4v) is 1.10. The van der Waals surface area contributed by atoms with Gasteiger partial charge in [-0.2, -0.15) is 0 Å². The third-order valence-electron chi connectivity index (χ3n) is 1.66. The van der Waals surface area contributed by atoms with E-state index < -0.39 is 0 Å². The SMILES string of the molecule is NCCCC1CNCN1. The summed E-state index contributed by atoms with van der Waals surface area (Å²) in [7, 11) is 0. The van der Waals surface area contributed by atoms with Crippen molar-refractivity contribution in [1.82, 2.24) is 10.6 Å². The minimum absolute atomic E-state index is 0.675. The van der Waals surface area contributed by atoms with Gasteiger partial charge in [-0.1, -0.05) is 0 Å². The van der Waals surface area contributed by atoms with E-state index in [9.17, 15) is 0 Å². The van der Waals surface area contributed by atoms with Gasteiger partial charge in [-0.3, -0.25) is 0 Å². The third-order valence-corrected chi connectivity index (χ3v) is 1.66. The predicted octanol–water partition coefficient (Wildman–Crippen LogP) is -0.756. The average Bonchev–Trinajstić information content (AvgIpc) is 2.34. The van der Waals surface area contributed by atoms with Gasteiger partial charge in [-0.25, -0.2) is 0 Å². The third kappa shape index (κ3) is 2.30. The molecule has 0 spiro atoms. The minimum Gasteiger partial charge on any atom is -0.330 e. The molecule has 9 heavy (non-hydrogen) atoms. The van der Waals surface area contributed by atoms with Crippen molar-refractivity contribution in [3.05, 3.63) is 0 Å². The summed E-state index contributed by atoms with van der Waals surface area (Å²) in [5.74, 6) is 0. The van der Waals surface area contributed by atoms with Crippen LogP contribution in [0.5, 0.6) is 0 Å². The van der Waals surface area contributed by atoms with Crippen molar-refractivity contribution in [1.29, 1.82) is 0 Å². The van der Waals surface area contributed by atoms with Gasteiger partial charge in [0.15, 0.2) is 0 Å². The molecule has 0 aromatic rings. The Hall–Kier alpha value is -0.120.